The Balaban J connectivity index is 0.00000289. The molecule has 7 nitrogen and oxygen atoms in total. The monoisotopic (exact) mass is 557 g/mol. The molecule has 1 aromatic heterocycles. The summed E-state index contributed by atoms with van der Waals surface area (Å²) in [5.74, 6) is 1.59. The van der Waals surface area contributed by atoms with Gasteiger partial charge in [0.15, 0.2) is 5.96 Å². The number of piperazine rings is 1. The first-order chi connectivity index (χ1) is 15.0. The zero-order valence-corrected chi connectivity index (χ0v) is 21.2. The van der Waals surface area contributed by atoms with Crippen LogP contribution in [0.25, 0.3) is 11.0 Å². The number of fused-ring (bicyclic) bond motifs is 1. The molecule has 2 fully saturated rings. The van der Waals surface area contributed by atoms with Crippen molar-refractivity contribution in [3.05, 3.63) is 35.3 Å². The zero-order chi connectivity index (χ0) is 21.8. The Morgan fingerprint density at radius 1 is 1.09 bits per heavy atom. The minimum Gasteiger partial charge on any atom is -0.459 e. The molecule has 0 spiro atoms. The van der Waals surface area contributed by atoms with Crippen molar-refractivity contribution in [1.29, 1.82) is 0 Å². The normalized spacial score (nSPS) is 18.0. The van der Waals surface area contributed by atoms with Gasteiger partial charge in [0, 0.05) is 57.3 Å². The van der Waals surface area contributed by atoms with Gasteiger partial charge in [0.05, 0.1) is 13.1 Å². The van der Waals surface area contributed by atoms with Crippen molar-refractivity contribution in [2.24, 2.45) is 4.99 Å². The maximum atomic E-state index is 13.5. The summed E-state index contributed by atoms with van der Waals surface area (Å²) in [6.07, 6.45) is 3.49. The van der Waals surface area contributed by atoms with Gasteiger partial charge in [0.25, 0.3) is 0 Å². The molecule has 32 heavy (non-hydrogen) atoms. The van der Waals surface area contributed by atoms with Gasteiger partial charge in [-0.2, -0.15) is 0 Å². The third kappa shape index (κ3) is 5.72. The molecule has 2 saturated heterocycles. The molecular weight excluding hydrogens is 524 g/mol. The average Bonchev–Trinajstić information content (AvgIpc) is 3.11. The number of nitrogens with zero attached hydrogens (tertiary/aromatic N) is 4. The van der Waals surface area contributed by atoms with Crippen molar-refractivity contribution in [3.8, 4) is 0 Å². The molecule has 2 aromatic rings. The fourth-order valence-electron chi connectivity index (χ4n) is 4.46. The maximum absolute atomic E-state index is 13.5. The van der Waals surface area contributed by atoms with Gasteiger partial charge in [0.2, 0.25) is 5.91 Å². The number of nitrogens with one attached hydrogen (secondary N) is 1. The van der Waals surface area contributed by atoms with Gasteiger partial charge in [0.1, 0.15) is 17.2 Å². The maximum Gasteiger partial charge on any atom is 0.236 e. The molecule has 3 heterocycles. The van der Waals surface area contributed by atoms with E-state index in [-0.39, 0.29) is 35.7 Å². The number of carbonyl (C=O) groups excluding carboxylic acids is 1. The highest BCUT2D eigenvalue weighted by molar-refractivity contribution is 14.0. The quantitative estimate of drug-likeness (QED) is 0.356. The molecular formula is C23H33FIN5O2. The number of likely N-dealkylation sites (tertiary alicyclic amines) is 1. The van der Waals surface area contributed by atoms with Crippen molar-refractivity contribution in [1.82, 2.24) is 20.0 Å². The molecule has 0 aliphatic carbocycles. The van der Waals surface area contributed by atoms with Gasteiger partial charge in [-0.15, -0.1) is 24.0 Å². The lowest BCUT2D eigenvalue weighted by atomic mass is 10.1. The highest BCUT2D eigenvalue weighted by Gasteiger charge is 2.24. The fourth-order valence-corrected chi connectivity index (χ4v) is 4.46. The molecule has 0 unspecified atom stereocenters. The van der Waals surface area contributed by atoms with Crippen LogP contribution in [-0.4, -0.2) is 79.4 Å². The molecule has 2 aliphatic rings. The van der Waals surface area contributed by atoms with E-state index < -0.39 is 0 Å². The van der Waals surface area contributed by atoms with Crippen LogP contribution < -0.4 is 5.32 Å². The van der Waals surface area contributed by atoms with Crippen molar-refractivity contribution in [2.75, 3.05) is 52.9 Å². The van der Waals surface area contributed by atoms with Crippen molar-refractivity contribution in [2.45, 2.75) is 32.7 Å². The molecule has 0 atom stereocenters. The van der Waals surface area contributed by atoms with Crippen LogP contribution in [0.2, 0.25) is 0 Å². The van der Waals surface area contributed by atoms with Crippen LogP contribution in [0.1, 0.15) is 30.6 Å². The van der Waals surface area contributed by atoms with Crippen LogP contribution in [0.15, 0.2) is 27.6 Å². The summed E-state index contributed by atoms with van der Waals surface area (Å²) in [6, 6.07) is 4.59. The lowest BCUT2D eigenvalue weighted by Gasteiger charge is -2.37. The van der Waals surface area contributed by atoms with E-state index in [4.69, 9.17) is 4.42 Å². The van der Waals surface area contributed by atoms with E-state index in [1.54, 1.807) is 13.1 Å². The van der Waals surface area contributed by atoms with Crippen LogP contribution in [0, 0.1) is 12.7 Å². The van der Waals surface area contributed by atoms with E-state index in [0.29, 0.717) is 18.7 Å². The lowest BCUT2D eigenvalue weighted by Crippen LogP contribution is -2.54. The summed E-state index contributed by atoms with van der Waals surface area (Å²) in [5.41, 5.74) is 1.64. The highest BCUT2D eigenvalue weighted by Crippen LogP contribution is 2.26. The predicted molar refractivity (Wildman–Crippen MR) is 135 cm³/mol. The van der Waals surface area contributed by atoms with Gasteiger partial charge in [-0.3, -0.25) is 14.7 Å². The number of aliphatic imine (C=N–C) groups is 1. The van der Waals surface area contributed by atoms with E-state index in [9.17, 15) is 9.18 Å². The summed E-state index contributed by atoms with van der Waals surface area (Å²) >= 11 is 0. The Bertz CT molecular complexity index is 949. The predicted octanol–water partition coefficient (Wildman–Crippen LogP) is 3.20. The van der Waals surface area contributed by atoms with Gasteiger partial charge in [-0.1, -0.05) is 0 Å². The first-order valence-electron chi connectivity index (χ1n) is 11.2. The van der Waals surface area contributed by atoms with Crippen LogP contribution in [0.3, 0.4) is 0 Å². The number of piperidine rings is 1. The van der Waals surface area contributed by atoms with Crippen molar-refractivity contribution in [3.63, 3.8) is 0 Å². The highest BCUT2D eigenvalue weighted by atomic mass is 127. The molecule has 176 valence electrons. The summed E-state index contributed by atoms with van der Waals surface area (Å²) in [5, 5.41) is 4.18. The van der Waals surface area contributed by atoms with Gasteiger partial charge >= 0.3 is 0 Å². The molecule has 0 bridgehead atoms. The Labute approximate surface area is 206 Å². The topological polar surface area (TPSA) is 64.3 Å². The Kier molecular flexibility index (Phi) is 8.75. The van der Waals surface area contributed by atoms with Gasteiger partial charge in [-0.25, -0.2) is 4.39 Å². The van der Waals surface area contributed by atoms with Gasteiger partial charge in [-0.05, 0) is 44.4 Å². The molecule has 1 aromatic carbocycles. The largest absolute Gasteiger partial charge is 0.459 e. The summed E-state index contributed by atoms with van der Waals surface area (Å²) < 4.78 is 19.4. The summed E-state index contributed by atoms with van der Waals surface area (Å²) in [7, 11) is 1.77. The first kappa shape index (κ1) is 24.8. The lowest BCUT2D eigenvalue weighted by molar-refractivity contribution is -0.133. The first-order valence-corrected chi connectivity index (χ1v) is 11.2. The molecule has 2 aliphatic heterocycles. The number of guanidine groups is 1. The van der Waals surface area contributed by atoms with Crippen LogP contribution in [0.5, 0.6) is 0 Å². The molecule has 1 amide bonds. The Morgan fingerprint density at radius 2 is 1.81 bits per heavy atom. The molecule has 9 heteroatoms. The van der Waals surface area contributed by atoms with Crippen LogP contribution in [-0.2, 0) is 11.3 Å². The number of benzene rings is 1. The number of aryl methyl sites for hydroxylation is 1. The Morgan fingerprint density at radius 3 is 2.50 bits per heavy atom. The fraction of sp³-hybridized carbons (Fsp3) is 0.565. The number of rotatable bonds is 4. The zero-order valence-electron chi connectivity index (χ0n) is 18.9. The second-order valence-electron chi connectivity index (χ2n) is 8.40. The summed E-state index contributed by atoms with van der Waals surface area (Å²) in [6.45, 7) is 8.06. The second-order valence-corrected chi connectivity index (χ2v) is 8.40. The smallest absolute Gasteiger partial charge is 0.236 e. The minimum atomic E-state index is -0.261. The molecule has 0 radical (unpaired) electrons. The number of amides is 1. The SMILES string of the molecule is CN=C(NCc1oc2ccc(F)cc2c1C)N1CCN(CC(=O)N2CCCCC2)CC1.I. The Hall–Kier alpha value is -1.88. The van der Waals surface area contributed by atoms with Gasteiger partial charge < -0.3 is 19.5 Å². The third-order valence-corrected chi connectivity index (χ3v) is 6.36. The van der Waals surface area contributed by atoms with E-state index in [0.717, 1.165) is 74.8 Å². The summed E-state index contributed by atoms with van der Waals surface area (Å²) in [4.78, 5) is 23.4. The van der Waals surface area contributed by atoms with E-state index >= 15 is 0 Å². The van der Waals surface area contributed by atoms with Crippen LogP contribution >= 0.6 is 24.0 Å². The van der Waals surface area contributed by atoms with E-state index in [1.165, 1.54) is 18.6 Å². The number of furan rings is 1. The average molecular weight is 557 g/mol. The number of hydrogen-bond donors (Lipinski definition) is 1. The molecule has 1 N–H and O–H groups in total. The molecule has 0 saturated carbocycles. The van der Waals surface area contributed by atoms with E-state index in [2.05, 4.69) is 20.1 Å². The molecule has 4 rings (SSSR count). The number of halogens is 2. The van der Waals surface area contributed by atoms with Crippen molar-refractivity contribution >= 4 is 46.8 Å². The standard InChI is InChI=1S/C23H32FN5O2.HI/c1-17-19-14-18(24)6-7-20(19)31-21(17)15-26-23(25-2)29-12-10-27(11-13-29)16-22(30)28-8-4-3-5-9-28;/h6-7,14H,3-5,8-13,15-16H2,1-2H3,(H,25,26);1H. The van der Waals surface area contributed by atoms with Crippen molar-refractivity contribution < 1.29 is 13.6 Å². The van der Waals surface area contributed by atoms with Crippen LogP contribution in [0.4, 0.5) is 4.39 Å². The third-order valence-electron chi connectivity index (χ3n) is 6.36. The van der Waals surface area contributed by atoms with E-state index in [1.807, 2.05) is 11.8 Å². The number of carbonyl (C=O) groups is 1. The number of hydrogen-bond acceptors (Lipinski definition) is 4. The second kappa shape index (κ2) is 11.3. The minimum absolute atomic E-state index is 0.